The van der Waals surface area contributed by atoms with Crippen LogP contribution in [0.5, 0.6) is 0 Å². The maximum atomic E-state index is 10.4. The molecule has 5 nitrogen and oxygen atoms in total. The zero-order chi connectivity index (χ0) is 10.3. The third-order valence-corrected chi connectivity index (χ3v) is 1.03. The Labute approximate surface area is 74.9 Å². The number of aliphatic carboxylic acids is 2. The molecule has 0 heterocycles. The molecule has 72 valence electrons. The number of carbonyl (C=O) groups is 2. The molecule has 0 bridgehead atoms. The molecule has 0 saturated heterocycles. The lowest BCUT2D eigenvalue weighted by Crippen LogP contribution is -2.00. The normalized spacial score (nSPS) is 11.6. The number of carboxylic acids is 2. The van der Waals surface area contributed by atoms with Crippen molar-refractivity contribution >= 4 is 11.9 Å². The summed E-state index contributed by atoms with van der Waals surface area (Å²) < 4.78 is 4.70. The van der Waals surface area contributed by atoms with E-state index in [2.05, 4.69) is 0 Å². The second kappa shape index (κ2) is 5.82. The summed E-state index contributed by atoms with van der Waals surface area (Å²) >= 11 is 0. The first-order valence-corrected chi connectivity index (χ1v) is 3.54. The summed E-state index contributed by atoms with van der Waals surface area (Å²) in [5.41, 5.74) is -0.204. The maximum absolute atomic E-state index is 10.4. The van der Waals surface area contributed by atoms with Gasteiger partial charge in [-0.25, -0.2) is 9.59 Å². The monoisotopic (exact) mass is 186 g/mol. The van der Waals surface area contributed by atoms with E-state index in [1.807, 2.05) is 0 Å². The highest BCUT2D eigenvalue weighted by molar-refractivity contribution is 5.92. The molecule has 0 aliphatic rings. The van der Waals surface area contributed by atoms with E-state index < -0.39 is 11.9 Å². The molecule has 0 atom stereocenters. The molecule has 5 heteroatoms. The van der Waals surface area contributed by atoms with Gasteiger partial charge in [0.2, 0.25) is 0 Å². The third kappa shape index (κ3) is 5.49. The van der Waals surface area contributed by atoms with Crippen LogP contribution in [0.25, 0.3) is 0 Å². The summed E-state index contributed by atoms with van der Waals surface area (Å²) in [6, 6.07) is 0. The molecule has 0 radical (unpaired) electrons. The van der Waals surface area contributed by atoms with E-state index in [0.717, 1.165) is 18.4 Å². The molecule has 0 aromatic heterocycles. The average Bonchev–Trinajstić information content (AvgIpc) is 2.03. The summed E-state index contributed by atoms with van der Waals surface area (Å²) in [6.07, 6.45) is 2.70. The van der Waals surface area contributed by atoms with Crippen molar-refractivity contribution in [2.24, 2.45) is 0 Å². The highest BCUT2D eigenvalue weighted by Crippen LogP contribution is 1.97. The Balaban J connectivity index is 4.43. The average molecular weight is 186 g/mol. The largest absolute Gasteiger partial charge is 0.501 e. The third-order valence-electron chi connectivity index (χ3n) is 1.03. The first-order valence-electron chi connectivity index (χ1n) is 3.54. The van der Waals surface area contributed by atoms with Gasteiger partial charge in [0.25, 0.3) is 0 Å². The van der Waals surface area contributed by atoms with E-state index in [-0.39, 0.29) is 5.57 Å². The highest BCUT2D eigenvalue weighted by Gasteiger charge is 2.03. The molecular weight excluding hydrogens is 176 g/mol. The summed E-state index contributed by atoms with van der Waals surface area (Å²) in [5.74, 6) is -2.44. The fraction of sp³-hybridized carbons (Fsp3) is 0.250. The van der Waals surface area contributed by atoms with Crippen LogP contribution < -0.4 is 0 Å². The van der Waals surface area contributed by atoms with E-state index in [1.54, 1.807) is 6.92 Å². The van der Waals surface area contributed by atoms with Gasteiger partial charge in [0.05, 0.1) is 18.4 Å². The number of ether oxygens (including phenoxy) is 1. The second-order valence-corrected chi connectivity index (χ2v) is 2.01. The van der Waals surface area contributed by atoms with Crippen molar-refractivity contribution < 1.29 is 24.5 Å². The van der Waals surface area contributed by atoms with Gasteiger partial charge in [-0.2, -0.15) is 0 Å². The number of carboxylic acid groups (broad SMARTS) is 2. The van der Waals surface area contributed by atoms with Crippen molar-refractivity contribution in [3.63, 3.8) is 0 Å². The molecule has 0 saturated carbocycles. The molecule has 0 aromatic carbocycles. The van der Waals surface area contributed by atoms with E-state index in [0.29, 0.717) is 6.61 Å². The zero-order valence-corrected chi connectivity index (χ0v) is 7.06. The van der Waals surface area contributed by atoms with Crippen LogP contribution in [0.15, 0.2) is 24.0 Å². The van der Waals surface area contributed by atoms with Crippen molar-refractivity contribution in [2.75, 3.05) is 6.61 Å². The van der Waals surface area contributed by atoms with Crippen LogP contribution >= 0.6 is 0 Å². The molecule has 0 aromatic rings. The van der Waals surface area contributed by atoms with Gasteiger partial charge in [-0.15, -0.1) is 0 Å². The lowest BCUT2D eigenvalue weighted by Gasteiger charge is -1.95. The predicted octanol–water partition coefficient (Wildman–Crippen LogP) is 0.632. The van der Waals surface area contributed by atoms with E-state index in [9.17, 15) is 9.59 Å². The number of hydrogen-bond acceptors (Lipinski definition) is 3. The molecule has 0 spiro atoms. The van der Waals surface area contributed by atoms with Crippen LogP contribution in [-0.2, 0) is 14.3 Å². The van der Waals surface area contributed by atoms with Gasteiger partial charge >= 0.3 is 11.9 Å². The van der Waals surface area contributed by atoms with Crippen LogP contribution in [0.3, 0.4) is 0 Å². The maximum Gasteiger partial charge on any atom is 0.338 e. The summed E-state index contributed by atoms with van der Waals surface area (Å²) in [4.78, 5) is 20.5. The minimum absolute atomic E-state index is 0.204. The Morgan fingerprint density at radius 2 is 1.92 bits per heavy atom. The summed E-state index contributed by atoms with van der Waals surface area (Å²) in [7, 11) is 0. The highest BCUT2D eigenvalue weighted by atomic mass is 16.5. The standard InChI is InChI=1S/C8H10O5/c1-2-13-5-6(8(11)12)3-4-7(9)10/h3-5H,2H2,1H3,(H,9,10)(H,11,12). The quantitative estimate of drug-likeness (QED) is 0.374. The van der Waals surface area contributed by atoms with Crippen LogP contribution in [0.1, 0.15) is 6.92 Å². The Kier molecular flexibility index (Phi) is 5.02. The van der Waals surface area contributed by atoms with Gasteiger partial charge in [0, 0.05) is 6.08 Å². The summed E-state index contributed by atoms with van der Waals surface area (Å²) in [5, 5.41) is 16.7. The van der Waals surface area contributed by atoms with Crippen molar-refractivity contribution in [3.8, 4) is 0 Å². The summed E-state index contributed by atoms with van der Waals surface area (Å²) in [6.45, 7) is 2.02. The van der Waals surface area contributed by atoms with Gasteiger partial charge in [-0.3, -0.25) is 0 Å². The second-order valence-electron chi connectivity index (χ2n) is 2.01. The van der Waals surface area contributed by atoms with Crippen molar-refractivity contribution in [1.29, 1.82) is 0 Å². The minimum Gasteiger partial charge on any atom is -0.501 e. The van der Waals surface area contributed by atoms with Gasteiger partial charge in [0.15, 0.2) is 0 Å². The Morgan fingerprint density at radius 1 is 1.31 bits per heavy atom. The van der Waals surface area contributed by atoms with Gasteiger partial charge in [-0.05, 0) is 13.0 Å². The predicted molar refractivity (Wildman–Crippen MR) is 44.1 cm³/mol. The number of hydrogen-bond donors (Lipinski definition) is 2. The lowest BCUT2D eigenvalue weighted by molar-refractivity contribution is -0.132. The molecule has 0 amide bonds. The molecule has 0 unspecified atom stereocenters. The Hall–Kier alpha value is -1.78. The molecule has 0 aliphatic heterocycles. The van der Waals surface area contributed by atoms with Gasteiger partial charge in [-0.1, -0.05) is 0 Å². The number of rotatable bonds is 5. The van der Waals surface area contributed by atoms with Crippen molar-refractivity contribution in [3.05, 3.63) is 24.0 Å². The molecular formula is C8H10O5. The molecule has 0 rings (SSSR count). The van der Waals surface area contributed by atoms with Crippen molar-refractivity contribution in [1.82, 2.24) is 0 Å². The van der Waals surface area contributed by atoms with Crippen LogP contribution in [0, 0.1) is 0 Å². The molecule has 13 heavy (non-hydrogen) atoms. The van der Waals surface area contributed by atoms with Gasteiger partial charge in [0.1, 0.15) is 0 Å². The Morgan fingerprint density at radius 3 is 2.31 bits per heavy atom. The smallest absolute Gasteiger partial charge is 0.338 e. The first kappa shape index (κ1) is 11.2. The Bertz CT molecular complexity index is 251. The van der Waals surface area contributed by atoms with Crippen LogP contribution in [-0.4, -0.2) is 28.8 Å². The minimum atomic E-state index is -1.23. The zero-order valence-electron chi connectivity index (χ0n) is 7.06. The SMILES string of the molecule is CCOC=C(C=CC(=O)O)C(=O)O. The molecule has 0 aliphatic carbocycles. The first-order chi connectivity index (χ1) is 6.07. The lowest BCUT2D eigenvalue weighted by atomic mass is 10.3. The van der Waals surface area contributed by atoms with Crippen LogP contribution in [0.2, 0.25) is 0 Å². The van der Waals surface area contributed by atoms with E-state index in [1.165, 1.54) is 0 Å². The molecule has 0 fully saturated rings. The fourth-order valence-electron chi connectivity index (χ4n) is 0.495. The molecule has 2 N–H and O–H groups in total. The van der Waals surface area contributed by atoms with Crippen molar-refractivity contribution in [2.45, 2.75) is 6.92 Å². The topological polar surface area (TPSA) is 83.8 Å². The van der Waals surface area contributed by atoms with E-state index in [4.69, 9.17) is 14.9 Å². The van der Waals surface area contributed by atoms with E-state index >= 15 is 0 Å². The van der Waals surface area contributed by atoms with Crippen LogP contribution in [0.4, 0.5) is 0 Å². The van der Waals surface area contributed by atoms with Gasteiger partial charge < -0.3 is 14.9 Å². The fourth-order valence-corrected chi connectivity index (χ4v) is 0.495.